The van der Waals surface area contributed by atoms with E-state index in [1.54, 1.807) is 0 Å². The third-order valence-corrected chi connectivity index (χ3v) is 4.12. The zero-order valence-corrected chi connectivity index (χ0v) is 12.8. The van der Waals surface area contributed by atoms with Crippen molar-refractivity contribution in [2.75, 3.05) is 23.3 Å². The first-order chi connectivity index (χ1) is 9.52. The molecule has 2 heterocycles. The molecule has 8 nitrogen and oxygen atoms in total. The molecule has 0 unspecified atom stereocenters. The zero-order chi connectivity index (χ0) is 14.5. The van der Waals surface area contributed by atoms with E-state index in [0.29, 0.717) is 17.5 Å². The van der Waals surface area contributed by atoms with Crippen molar-refractivity contribution < 1.29 is 0 Å². The van der Waals surface area contributed by atoms with Crippen LogP contribution in [-0.4, -0.2) is 31.7 Å². The third-order valence-electron chi connectivity index (χ3n) is 2.11. The van der Waals surface area contributed by atoms with E-state index >= 15 is 0 Å². The van der Waals surface area contributed by atoms with Crippen LogP contribution in [0.1, 0.15) is 19.7 Å². The lowest BCUT2D eigenvalue weighted by Gasteiger charge is -2.03. The van der Waals surface area contributed by atoms with Crippen LogP contribution < -0.4 is 16.8 Å². The highest BCUT2D eigenvalue weighted by Crippen LogP contribution is 2.27. The summed E-state index contributed by atoms with van der Waals surface area (Å²) in [6.07, 6.45) is 0. The molecule has 0 saturated heterocycles. The second-order valence-electron chi connectivity index (χ2n) is 4.40. The summed E-state index contributed by atoms with van der Waals surface area (Å²) in [6.45, 7) is 5.15. The van der Waals surface area contributed by atoms with Crippen molar-refractivity contribution in [1.82, 2.24) is 25.1 Å². The van der Waals surface area contributed by atoms with Gasteiger partial charge >= 0.3 is 0 Å². The van der Waals surface area contributed by atoms with Gasteiger partial charge in [-0.15, -0.1) is 10.2 Å². The van der Waals surface area contributed by atoms with Crippen molar-refractivity contribution in [3.63, 3.8) is 0 Å². The van der Waals surface area contributed by atoms with Crippen LogP contribution in [0.3, 0.4) is 0 Å². The van der Waals surface area contributed by atoms with Crippen LogP contribution in [0.5, 0.6) is 0 Å². The van der Waals surface area contributed by atoms with Crippen LogP contribution >= 0.6 is 23.1 Å². The van der Waals surface area contributed by atoms with Gasteiger partial charge in [0.25, 0.3) is 0 Å². The summed E-state index contributed by atoms with van der Waals surface area (Å²) < 4.78 is 0.841. The predicted octanol–water partition coefficient (Wildman–Crippen LogP) is 1.25. The Morgan fingerprint density at radius 3 is 2.50 bits per heavy atom. The van der Waals surface area contributed by atoms with E-state index in [1.165, 1.54) is 23.1 Å². The first-order valence-corrected chi connectivity index (χ1v) is 7.79. The Bertz CT molecular complexity index is 550. The highest BCUT2D eigenvalue weighted by Gasteiger charge is 2.08. The highest BCUT2D eigenvalue weighted by atomic mass is 32.2. The number of nitrogens with two attached hydrogens (primary N) is 2. The molecule has 0 aliphatic rings. The van der Waals surface area contributed by atoms with Gasteiger partial charge in [0.1, 0.15) is 5.82 Å². The quantitative estimate of drug-likeness (QED) is 0.675. The Kier molecular flexibility index (Phi) is 4.90. The van der Waals surface area contributed by atoms with Crippen molar-refractivity contribution >= 4 is 40.1 Å². The second-order valence-corrected chi connectivity index (χ2v) is 6.60. The largest absolute Gasteiger partial charge is 0.368 e. The number of nitrogens with zero attached hydrogens (tertiary/aromatic N) is 5. The normalized spacial score (nSPS) is 10.9. The molecular weight excluding hydrogens is 296 g/mol. The molecule has 20 heavy (non-hydrogen) atoms. The van der Waals surface area contributed by atoms with Crippen LogP contribution in [0.25, 0.3) is 0 Å². The first kappa shape index (κ1) is 14.7. The molecule has 0 saturated carbocycles. The minimum absolute atomic E-state index is 0.129. The number of aromatic nitrogens is 5. The lowest BCUT2D eigenvalue weighted by molar-refractivity contribution is 0.687. The monoisotopic (exact) mass is 312 g/mol. The summed E-state index contributed by atoms with van der Waals surface area (Å²) in [5, 5.41) is 12.2. The van der Waals surface area contributed by atoms with E-state index < -0.39 is 0 Å². The number of nitrogens with one attached hydrogen (secondary N) is 1. The van der Waals surface area contributed by atoms with Crippen LogP contribution in [-0.2, 0) is 5.75 Å². The van der Waals surface area contributed by atoms with E-state index in [0.717, 1.165) is 16.0 Å². The molecule has 0 spiro atoms. The van der Waals surface area contributed by atoms with Gasteiger partial charge in [-0.3, -0.25) is 0 Å². The maximum atomic E-state index is 5.51. The number of hydrogen-bond acceptors (Lipinski definition) is 10. The van der Waals surface area contributed by atoms with E-state index in [-0.39, 0.29) is 11.9 Å². The molecule has 108 valence electrons. The summed E-state index contributed by atoms with van der Waals surface area (Å²) in [5.41, 5.74) is 11.0. The lowest BCUT2D eigenvalue weighted by atomic mass is 10.2. The summed E-state index contributed by atoms with van der Waals surface area (Å²) in [4.78, 5) is 11.7. The van der Waals surface area contributed by atoms with Crippen molar-refractivity contribution in [2.45, 2.75) is 23.9 Å². The van der Waals surface area contributed by atoms with Gasteiger partial charge < -0.3 is 16.8 Å². The van der Waals surface area contributed by atoms with E-state index in [1.807, 2.05) is 0 Å². The number of nitrogen functional groups attached to an aromatic ring is 2. The Labute approximate surface area is 124 Å². The van der Waals surface area contributed by atoms with E-state index in [2.05, 4.69) is 44.3 Å². The Morgan fingerprint density at radius 1 is 1.15 bits per heavy atom. The van der Waals surface area contributed by atoms with Crippen molar-refractivity contribution in [2.24, 2.45) is 5.92 Å². The van der Waals surface area contributed by atoms with Crippen LogP contribution in [0.15, 0.2) is 4.34 Å². The Balaban J connectivity index is 1.90. The van der Waals surface area contributed by atoms with Gasteiger partial charge in [0, 0.05) is 6.54 Å². The average molecular weight is 312 g/mol. The molecule has 2 aromatic rings. The molecule has 2 aromatic heterocycles. The molecule has 10 heteroatoms. The number of anilines is 3. The minimum Gasteiger partial charge on any atom is -0.368 e. The van der Waals surface area contributed by atoms with Gasteiger partial charge in [-0.05, 0) is 5.92 Å². The molecule has 0 aromatic carbocycles. The van der Waals surface area contributed by atoms with Gasteiger partial charge in [-0.2, -0.15) is 15.0 Å². The van der Waals surface area contributed by atoms with Crippen molar-refractivity contribution in [1.29, 1.82) is 0 Å². The molecule has 0 radical (unpaired) electrons. The van der Waals surface area contributed by atoms with Gasteiger partial charge in [-0.1, -0.05) is 36.9 Å². The van der Waals surface area contributed by atoms with Crippen molar-refractivity contribution in [3.8, 4) is 0 Å². The fourth-order valence-corrected chi connectivity index (χ4v) is 2.89. The van der Waals surface area contributed by atoms with Gasteiger partial charge in [0.15, 0.2) is 4.34 Å². The number of rotatable bonds is 6. The fraction of sp³-hybridized carbons (Fsp3) is 0.500. The van der Waals surface area contributed by atoms with Gasteiger partial charge in [0.05, 0.1) is 5.75 Å². The summed E-state index contributed by atoms with van der Waals surface area (Å²) in [5.74, 6) is 1.88. The molecule has 0 fully saturated rings. The molecular formula is C10H16N8S2. The standard InChI is InChI=1S/C10H16N8S2/c1-5(2)3-13-9-17-18-10(20-9)19-4-6-14-7(11)16-8(12)15-6/h5H,3-4H2,1-2H3,(H,13,17)(H4,11,12,14,15,16). The molecule has 0 bridgehead atoms. The molecule has 2 rings (SSSR count). The minimum atomic E-state index is 0.129. The summed E-state index contributed by atoms with van der Waals surface area (Å²) >= 11 is 2.99. The average Bonchev–Trinajstić information content (AvgIpc) is 2.81. The van der Waals surface area contributed by atoms with E-state index in [4.69, 9.17) is 11.5 Å². The first-order valence-electron chi connectivity index (χ1n) is 5.99. The lowest BCUT2D eigenvalue weighted by Crippen LogP contribution is -2.07. The molecule has 0 atom stereocenters. The second kappa shape index (κ2) is 6.66. The molecule has 5 N–H and O–H groups in total. The van der Waals surface area contributed by atoms with Crippen LogP contribution in [0.4, 0.5) is 17.0 Å². The van der Waals surface area contributed by atoms with Gasteiger partial charge in [0.2, 0.25) is 17.0 Å². The third kappa shape index (κ3) is 4.46. The SMILES string of the molecule is CC(C)CNc1nnc(SCc2nc(N)nc(N)n2)s1. The Morgan fingerprint density at radius 2 is 1.85 bits per heavy atom. The van der Waals surface area contributed by atoms with Crippen molar-refractivity contribution in [3.05, 3.63) is 5.82 Å². The maximum Gasteiger partial charge on any atom is 0.225 e. The van der Waals surface area contributed by atoms with Crippen LogP contribution in [0.2, 0.25) is 0 Å². The summed E-state index contributed by atoms with van der Waals surface area (Å²) in [7, 11) is 0. The topological polar surface area (TPSA) is 129 Å². The number of hydrogen-bond donors (Lipinski definition) is 3. The zero-order valence-electron chi connectivity index (χ0n) is 11.2. The Hall–Kier alpha value is -1.68. The van der Waals surface area contributed by atoms with E-state index in [9.17, 15) is 0 Å². The fourth-order valence-electron chi connectivity index (χ4n) is 1.28. The van der Waals surface area contributed by atoms with Crippen LogP contribution in [0, 0.1) is 5.92 Å². The smallest absolute Gasteiger partial charge is 0.225 e. The molecule has 0 amide bonds. The summed E-state index contributed by atoms with van der Waals surface area (Å²) in [6, 6.07) is 0. The maximum absolute atomic E-state index is 5.51. The number of thioether (sulfide) groups is 1. The predicted molar refractivity (Wildman–Crippen MR) is 81.4 cm³/mol. The highest BCUT2D eigenvalue weighted by molar-refractivity contribution is 8.00. The molecule has 0 aliphatic heterocycles. The van der Waals surface area contributed by atoms with Gasteiger partial charge in [-0.25, -0.2) is 0 Å². The molecule has 0 aliphatic carbocycles.